The first-order valence-corrected chi connectivity index (χ1v) is 8.88. The van der Waals surface area contributed by atoms with E-state index in [1.54, 1.807) is 29.7 Å². The molecule has 0 saturated heterocycles. The summed E-state index contributed by atoms with van der Waals surface area (Å²) in [6.07, 6.45) is 10.4. The molecule has 4 fully saturated rings. The van der Waals surface area contributed by atoms with Crippen molar-refractivity contribution in [2.24, 2.45) is 17.8 Å². The minimum Gasteiger partial charge on any atom is -0.319 e. The summed E-state index contributed by atoms with van der Waals surface area (Å²) in [7, 11) is 2.07. The van der Waals surface area contributed by atoms with Crippen LogP contribution in [-0.2, 0) is 11.8 Å². The first kappa shape index (κ1) is 12.4. The first-order valence-electron chi connectivity index (χ1n) is 8.00. The van der Waals surface area contributed by atoms with Gasteiger partial charge in [-0.25, -0.2) is 0 Å². The monoisotopic (exact) mass is 275 g/mol. The number of nitrogens with one attached hydrogen (secondary N) is 1. The van der Waals surface area contributed by atoms with E-state index in [-0.39, 0.29) is 0 Å². The molecule has 1 heterocycles. The van der Waals surface area contributed by atoms with E-state index < -0.39 is 0 Å². The number of thiophene rings is 1. The second kappa shape index (κ2) is 4.60. The fourth-order valence-corrected chi connectivity index (χ4v) is 6.69. The Morgan fingerprint density at radius 3 is 2.37 bits per heavy atom. The van der Waals surface area contributed by atoms with Gasteiger partial charge in [0, 0.05) is 4.88 Å². The second-order valence-corrected chi connectivity index (χ2v) is 8.31. The van der Waals surface area contributed by atoms with Gasteiger partial charge < -0.3 is 5.32 Å². The molecule has 1 nitrogen and oxygen atoms in total. The van der Waals surface area contributed by atoms with Gasteiger partial charge in [0.2, 0.25) is 0 Å². The molecule has 1 N–H and O–H groups in total. The van der Waals surface area contributed by atoms with E-state index >= 15 is 0 Å². The molecule has 5 rings (SSSR count). The highest BCUT2D eigenvalue weighted by Crippen LogP contribution is 2.61. The molecule has 19 heavy (non-hydrogen) atoms. The number of rotatable bonds is 4. The van der Waals surface area contributed by atoms with E-state index in [1.807, 2.05) is 11.3 Å². The van der Waals surface area contributed by atoms with Crippen LogP contribution in [0.5, 0.6) is 0 Å². The zero-order valence-electron chi connectivity index (χ0n) is 12.0. The maximum atomic E-state index is 3.31. The summed E-state index contributed by atoms with van der Waals surface area (Å²) in [4.78, 5) is 1.68. The predicted octanol–water partition coefficient (Wildman–Crippen LogP) is 3.98. The molecule has 4 aliphatic rings. The van der Waals surface area contributed by atoms with Gasteiger partial charge in [0.05, 0.1) is 0 Å². The Bertz CT molecular complexity index is 426. The van der Waals surface area contributed by atoms with E-state index in [0.29, 0.717) is 5.41 Å². The highest BCUT2D eigenvalue weighted by molar-refractivity contribution is 7.10. The second-order valence-electron chi connectivity index (χ2n) is 7.31. The van der Waals surface area contributed by atoms with E-state index in [4.69, 9.17) is 0 Å². The van der Waals surface area contributed by atoms with Crippen molar-refractivity contribution < 1.29 is 0 Å². The van der Waals surface area contributed by atoms with E-state index in [9.17, 15) is 0 Å². The summed E-state index contributed by atoms with van der Waals surface area (Å²) in [6.45, 7) is 1.12. The van der Waals surface area contributed by atoms with Crippen molar-refractivity contribution >= 4 is 11.3 Å². The topological polar surface area (TPSA) is 12.0 Å². The molecule has 0 atom stereocenters. The molecular formula is C17H25NS. The number of hydrogen-bond donors (Lipinski definition) is 1. The van der Waals surface area contributed by atoms with Crippen LogP contribution in [-0.4, -0.2) is 13.6 Å². The van der Waals surface area contributed by atoms with Crippen molar-refractivity contribution in [1.82, 2.24) is 5.32 Å². The van der Waals surface area contributed by atoms with Crippen LogP contribution in [0, 0.1) is 17.8 Å². The minimum atomic E-state index is 0.595. The van der Waals surface area contributed by atoms with Gasteiger partial charge in [-0.1, -0.05) is 0 Å². The molecule has 2 heteroatoms. The molecule has 0 aromatic carbocycles. The third-order valence-corrected chi connectivity index (χ3v) is 6.94. The zero-order chi connectivity index (χ0) is 12.9. The average molecular weight is 275 g/mol. The van der Waals surface area contributed by atoms with Crippen molar-refractivity contribution in [1.29, 1.82) is 0 Å². The van der Waals surface area contributed by atoms with Gasteiger partial charge in [-0.3, -0.25) is 0 Å². The maximum absolute atomic E-state index is 3.31. The SMILES string of the molecule is CNCCc1sccc1C12CC3CC(CC(C3)C1)C2. The normalized spacial score (nSPS) is 39.9. The van der Waals surface area contributed by atoms with Gasteiger partial charge in [0.15, 0.2) is 0 Å². The molecule has 0 spiro atoms. The lowest BCUT2D eigenvalue weighted by Gasteiger charge is -2.57. The van der Waals surface area contributed by atoms with Crippen LogP contribution in [0.15, 0.2) is 11.4 Å². The smallest absolute Gasteiger partial charge is 0.00955 e. The average Bonchev–Trinajstić information content (AvgIpc) is 2.83. The van der Waals surface area contributed by atoms with Gasteiger partial charge in [-0.15, -0.1) is 11.3 Å². The van der Waals surface area contributed by atoms with Crippen LogP contribution < -0.4 is 5.32 Å². The summed E-state index contributed by atoms with van der Waals surface area (Å²) in [5.74, 6) is 3.18. The number of hydrogen-bond acceptors (Lipinski definition) is 2. The molecular weight excluding hydrogens is 250 g/mol. The fourth-order valence-electron chi connectivity index (χ4n) is 5.69. The molecule has 4 bridgehead atoms. The summed E-state index contributed by atoms with van der Waals surface area (Å²) in [5.41, 5.74) is 2.35. The van der Waals surface area contributed by atoms with Crippen LogP contribution in [0.3, 0.4) is 0 Å². The van der Waals surface area contributed by atoms with Crippen LogP contribution in [0.2, 0.25) is 0 Å². The van der Waals surface area contributed by atoms with Crippen LogP contribution in [0.4, 0.5) is 0 Å². The van der Waals surface area contributed by atoms with E-state index in [1.165, 1.54) is 25.7 Å². The Labute approximate surface area is 120 Å². The maximum Gasteiger partial charge on any atom is 0.00955 e. The summed E-state index contributed by atoms with van der Waals surface area (Å²) in [6, 6.07) is 2.48. The van der Waals surface area contributed by atoms with E-state index in [0.717, 1.165) is 24.3 Å². The van der Waals surface area contributed by atoms with Gasteiger partial charge in [0.25, 0.3) is 0 Å². The molecule has 0 amide bonds. The van der Waals surface area contributed by atoms with Crippen molar-refractivity contribution in [3.63, 3.8) is 0 Å². The summed E-state index contributed by atoms with van der Waals surface area (Å²) >= 11 is 2.00. The largest absolute Gasteiger partial charge is 0.319 e. The minimum absolute atomic E-state index is 0.595. The molecule has 0 aliphatic heterocycles. The summed E-state index contributed by atoms with van der Waals surface area (Å²) < 4.78 is 0. The molecule has 104 valence electrons. The highest BCUT2D eigenvalue weighted by atomic mass is 32.1. The fraction of sp³-hybridized carbons (Fsp3) is 0.765. The Morgan fingerprint density at radius 1 is 1.16 bits per heavy atom. The molecule has 1 aromatic rings. The van der Waals surface area contributed by atoms with Gasteiger partial charge >= 0.3 is 0 Å². The Morgan fingerprint density at radius 2 is 1.79 bits per heavy atom. The van der Waals surface area contributed by atoms with Gasteiger partial charge in [0.1, 0.15) is 0 Å². The number of likely N-dealkylation sites (N-methyl/N-ethyl adjacent to an activating group) is 1. The van der Waals surface area contributed by atoms with Gasteiger partial charge in [-0.2, -0.15) is 0 Å². The van der Waals surface area contributed by atoms with Crippen molar-refractivity contribution in [3.05, 3.63) is 21.9 Å². The Kier molecular flexibility index (Phi) is 3.00. The molecule has 0 unspecified atom stereocenters. The van der Waals surface area contributed by atoms with Crippen molar-refractivity contribution in [3.8, 4) is 0 Å². The lowest BCUT2D eigenvalue weighted by atomic mass is 9.48. The standard InChI is InChI=1S/C17H25NS/c1-18-4-2-16-15(3-5-19-16)17-9-12-6-13(10-17)8-14(7-12)11-17/h3,5,12-14,18H,2,4,6-11H2,1H3. The molecule has 0 radical (unpaired) electrons. The Hall–Kier alpha value is -0.340. The third-order valence-electron chi connectivity index (χ3n) is 5.96. The van der Waals surface area contributed by atoms with Crippen molar-refractivity contribution in [2.45, 2.75) is 50.4 Å². The van der Waals surface area contributed by atoms with E-state index in [2.05, 4.69) is 23.8 Å². The third kappa shape index (κ3) is 1.99. The first-order chi connectivity index (χ1) is 9.29. The van der Waals surface area contributed by atoms with Crippen LogP contribution >= 0.6 is 11.3 Å². The highest BCUT2D eigenvalue weighted by Gasteiger charge is 2.52. The zero-order valence-corrected chi connectivity index (χ0v) is 12.8. The van der Waals surface area contributed by atoms with Gasteiger partial charge in [-0.05, 0) is 98.7 Å². The molecule has 4 aliphatic carbocycles. The van der Waals surface area contributed by atoms with Crippen LogP contribution in [0.1, 0.15) is 49.0 Å². The Balaban J connectivity index is 1.66. The summed E-state index contributed by atoms with van der Waals surface area (Å²) in [5, 5.41) is 5.66. The van der Waals surface area contributed by atoms with Crippen LogP contribution in [0.25, 0.3) is 0 Å². The van der Waals surface area contributed by atoms with Crippen molar-refractivity contribution in [2.75, 3.05) is 13.6 Å². The molecule has 4 saturated carbocycles. The lowest BCUT2D eigenvalue weighted by molar-refractivity contribution is -0.00534. The predicted molar refractivity (Wildman–Crippen MR) is 81.8 cm³/mol. The molecule has 1 aromatic heterocycles. The quantitative estimate of drug-likeness (QED) is 0.876. The lowest BCUT2D eigenvalue weighted by Crippen LogP contribution is -2.48.